The number of rotatable bonds is 3. The number of hydrogen-bond acceptors (Lipinski definition) is 4. The average Bonchev–Trinajstić information content (AvgIpc) is 2.68. The lowest BCUT2D eigenvalue weighted by Crippen LogP contribution is -2.40. The van der Waals surface area contributed by atoms with Gasteiger partial charge in [0.15, 0.2) is 0 Å². The third-order valence-corrected chi connectivity index (χ3v) is 3.03. The van der Waals surface area contributed by atoms with Crippen molar-refractivity contribution < 1.29 is 4.74 Å². The van der Waals surface area contributed by atoms with Crippen LogP contribution >= 0.6 is 0 Å². The lowest BCUT2D eigenvalue weighted by Gasteiger charge is -2.32. The molecule has 1 fully saturated rings. The molecule has 1 aliphatic rings. The van der Waals surface area contributed by atoms with E-state index in [9.17, 15) is 0 Å². The zero-order valence-corrected chi connectivity index (χ0v) is 9.23. The SMILES string of the molecule is CNC(c1cnccn1)C1(C)CCCO1. The van der Waals surface area contributed by atoms with Crippen molar-refractivity contribution >= 4 is 0 Å². The molecule has 0 bridgehead atoms. The van der Waals surface area contributed by atoms with E-state index in [0.717, 1.165) is 25.1 Å². The molecule has 4 nitrogen and oxygen atoms in total. The van der Waals surface area contributed by atoms with E-state index in [1.807, 2.05) is 7.05 Å². The zero-order valence-electron chi connectivity index (χ0n) is 9.23. The Balaban J connectivity index is 2.24. The lowest BCUT2D eigenvalue weighted by molar-refractivity contribution is -0.0116. The summed E-state index contributed by atoms with van der Waals surface area (Å²) in [6, 6.07) is 0.119. The van der Waals surface area contributed by atoms with Crippen molar-refractivity contribution in [2.24, 2.45) is 0 Å². The Bertz CT molecular complexity index is 309. The summed E-state index contributed by atoms with van der Waals surface area (Å²) < 4.78 is 5.82. The summed E-state index contributed by atoms with van der Waals surface area (Å²) in [6.07, 6.45) is 7.39. The van der Waals surface area contributed by atoms with Gasteiger partial charge < -0.3 is 10.1 Å². The minimum absolute atomic E-state index is 0.119. The van der Waals surface area contributed by atoms with Crippen LogP contribution in [-0.4, -0.2) is 29.2 Å². The minimum atomic E-state index is -0.148. The van der Waals surface area contributed by atoms with Crippen molar-refractivity contribution in [2.75, 3.05) is 13.7 Å². The molecule has 82 valence electrons. The maximum absolute atomic E-state index is 5.82. The second kappa shape index (κ2) is 4.24. The van der Waals surface area contributed by atoms with Gasteiger partial charge in [0.2, 0.25) is 0 Å². The molecule has 1 aliphatic heterocycles. The van der Waals surface area contributed by atoms with Gasteiger partial charge in [-0.3, -0.25) is 9.97 Å². The molecule has 0 aromatic carbocycles. The summed E-state index contributed by atoms with van der Waals surface area (Å²) in [7, 11) is 1.94. The number of likely N-dealkylation sites (N-methyl/N-ethyl adjacent to an activating group) is 1. The van der Waals surface area contributed by atoms with Crippen LogP contribution in [0.15, 0.2) is 18.6 Å². The largest absolute Gasteiger partial charge is 0.373 e. The molecule has 2 unspecified atom stereocenters. The van der Waals surface area contributed by atoms with Gasteiger partial charge >= 0.3 is 0 Å². The lowest BCUT2D eigenvalue weighted by atomic mass is 9.91. The summed E-state index contributed by atoms with van der Waals surface area (Å²) >= 11 is 0. The van der Waals surface area contributed by atoms with Gasteiger partial charge in [-0.05, 0) is 26.8 Å². The van der Waals surface area contributed by atoms with Crippen LogP contribution in [0.1, 0.15) is 31.5 Å². The number of aromatic nitrogens is 2. The quantitative estimate of drug-likeness (QED) is 0.811. The fourth-order valence-corrected chi connectivity index (χ4v) is 2.25. The molecule has 0 radical (unpaired) electrons. The molecule has 2 atom stereocenters. The topological polar surface area (TPSA) is 47.0 Å². The van der Waals surface area contributed by atoms with Gasteiger partial charge in [0.25, 0.3) is 0 Å². The predicted molar refractivity (Wildman–Crippen MR) is 57.4 cm³/mol. The van der Waals surface area contributed by atoms with Crippen LogP contribution in [0.4, 0.5) is 0 Å². The number of ether oxygens (including phenoxy) is 1. The number of nitrogens with zero attached hydrogens (tertiary/aromatic N) is 2. The first kappa shape index (κ1) is 10.5. The van der Waals surface area contributed by atoms with Crippen LogP contribution in [-0.2, 0) is 4.74 Å². The standard InChI is InChI=1S/C11H17N3O/c1-11(4-3-7-15-11)10(12-2)9-8-13-5-6-14-9/h5-6,8,10,12H,3-4,7H2,1-2H3. The Morgan fingerprint density at radius 2 is 2.40 bits per heavy atom. The summed E-state index contributed by atoms with van der Waals surface area (Å²) in [6.45, 7) is 2.98. The molecule has 1 aromatic rings. The van der Waals surface area contributed by atoms with E-state index in [1.54, 1.807) is 18.6 Å². The Labute approximate surface area is 90.1 Å². The second-order valence-electron chi connectivity index (χ2n) is 4.12. The fourth-order valence-electron chi connectivity index (χ4n) is 2.25. The van der Waals surface area contributed by atoms with E-state index in [4.69, 9.17) is 4.74 Å². The van der Waals surface area contributed by atoms with Gasteiger partial charge in [-0.1, -0.05) is 0 Å². The van der Waals surface area contributed by atoms with Crippen molar-refractivity contribution in [2.45, 2.75) is 31.4 Å². The summed E-state index contributed by atoms with van der Waals surface area (Å²) in [4.78, 5) is 8.43. The Hall–Kier alpha value is -1.00. The summed E-state index contributed by atoms with van der Waals surface area (Å²) in [5.41, 5.74) is 0.800. The first-order chi connectivity index (χ1) is 7.26. The van der Waals surface area contributed by atoms with Crippen molar-refractivity contribution in [1.29, 1.82) is 0 Å². The molecule has 1 saturated heterocycles. The van der Waals surface area contributed by atoms with E-state index in [2.05, 4.69) is 22.2 Å². The molecule has 2 heterocycles. The average molecular weight is 207 g/mol. The molecule has 0 amide bonds. The molecule has 0 aliphatic carbocycles. The van der Waals surface area contributed by atoms with Crippen LogP contribution in [0.3, 0.4) is 0 Å². The highest BCUT2D eigenvalue weighted by atomic mass is 16.5. The molecule has 4 heteroatoms. The third-order valence-electron chi connectivity index (χ3n) is 3.03. The smallest absolute Gasteiger partial charge is 0.0865 e. The maximum atomic E-state index is 5.82. The zero-order chi connectivity index (χ0) is 10.7. The summed E-state index contributed by atoms with van der Waals surface area (Å²) in [5.74, 6) is 0. The first-order valence-electron chi connectivity index (χ1n) is 5.33. The molecule has 2 rings (SSSR count). The van der Waals surface area contributed by atoms with Crippen LogP contribution < -0.4 is 5.32 Å². The number of hydrogen-bond donors (Lipinski definition) is 1. The molecule has 1 N–H and O–H groups in total. The van der Waals surface area contributed by atoms with Crippen molar-refractivity contribution in [3.05, 3.63) is 24.3 Å². The predicted octanol–water partition coefficient (Wildman–Crippen LogP) is 1.31. The van der Waals surface area contributed by atoms with Crippen LogP contribution in [0.25, 0.3) is 0 Å². The van der Waals surface area contributed by atoms with Crippen molar-refractivity contribution in [3.63, 3.8) is 0 Å². The van der Waals surface area contributed by atoms with Gasteiger partial charge in [0, 0.05) is 19.0 Å². The highest BCUT2D eigenvalue weighted by Crippen LogP contribution is 2.36. The van der Waals surface area contributed by atoms with E-state index >= 15 is 0 Å². The van der Waals surface area contributed by atoms with Crippen LogP contribution in [0.5, 0.6) is 0 Å². The van der Waals surface area contributed by atoms with Crippen LogP contribution in [0, 0.1) is 0 Å². The number of nitrogens with one attached hydrogen (secondary N) is 1. The van der Waals surface area contributed by atoms with Gasteiger partial charge in [0.1, 0.15) is 0 Å². The molecule has 15 heavy (non-hydrogen) atoms. The van der Waals surface area contributed by atoms with Crippen LogP contribution in [0.2, 0.25) is 0 Å². The second-order valence-corrected chi connectivity index (χ2v) is 4.12. The van der Waals surface area contributed by atoms with E-state index < -0.39 is 0 Å². The Morgan fingerprint density at radius 1 is 1.53 bits per heavy atom. The van der Waals surface area contributed by atoms with Crippen molar-refractivity contribution in [1.82, 2.24) is 15.3 Å². The molecule has 0 spiro atoms. The molecular formula is C11H17N3O. The normalized spacial score (nSPS) is 27.9. The highest BCUT2D eigenvalue weighted by molar-refractivity contribution is 5.10. The molecule has 1 aromatic heterocycles. The van der Waals surface area contributed by atoms with E-state index in [-0.39, 0.29) is 11.6 Å². The highest BCUT2D eigenvalue weighted by Gasteiger charge is 2.39. The third kappa shape index (κ3) is 2.01. The van der Waals surface area contributed by atoms with E-state index in [0.29, 0.717) is 0 Å². The van der Waals surface area contributed by atoms with Gasteiger partial charge in [0.05, 0.1) is 23.5 Å². The van der Waals surface area contributed by atoms with Gasteiger partial charge in [-0.2, -0.15) is 0 Å². The summed E-state index contributed by atoms with van der Waals surface area (Å²) in [5, 5.41) is 3.27. The Kier molecular flexibility index (Phi) is 2.98. The maximum Gasteiger partial charge on any atom is 0.0865 e. The van der Waals surface area contributed by atoms with Gasteiger partial charge in [-0.15, -0.1) is 0 Å². The van der Waals surface area contributed by atoms with E-state index in [1.165, 1.54) is 0 Å². The minimum Gasteiger partial charge on any atom is -0.373 e. The fraction of sp³-hybridized carbons (Fsp3) is 0.636. The molecular weight excluding hydrogens is 190 g/mol. The van der Waals surface area contributed by atoms with Gasteiger partial charge in [-0.25, -0.2) is 0 Å². The van der Waals surface area contributed by atoms with Crippen molar-refractivity contribution in [3.8, 4) is 0 Å². The molecule has 0 saturated carbocycles. The Morgan fingerprint density at radius 3 is 2.93 bits per heavy atom. The monoisotopic (exact) mass is 207 g/mol. The first-order valence-corrected chi connectivity index (χ1v) is 5.33.